The quantitative estimate of drug-likeness (QED) is 0.921. The Hall–Kier alpha value is -1.55. The molecule has 1 heterocycles. The normalized spacial score (nSPS) is 23.7. The first kappa shape index (κ1) is 12.5. The number of fused-ring (bicyclic) bond motifs is 1. The number of nitrogens with zero attached hydrogens (tertiary/aromatic N) is 2. The second-order valence-corrected chi connectivity index (χ2v) is 5.67. The Bertz CT molecular complexity index is 543. The van der Waals surface area contributed by atoms with Gasteiger partial charge in [-0.25, -0.2) is 4.98 Å². The zero-order valence-electron chi connectivity index (χ0n) is 11.4. The molecular weight excluding hydrogens is 238 g/mol. The molecule has 102 valence electrons. The van der Waals surface area contributed by atoms with Gasteiger partial charge in [-0.15, -0.1) is 0 Å². The molecule has 19 heavy (non-hydrogen) atoms. The minimum Gasteiger partial charge on any atom is -0.443 e. The summed E-state index contributed by atoms with van der Waals surface area (Å²) in [4.78, 5) is 6.45. The smallest absolute Gasteiger partial charge is 0.181 e. The van der Waals surface area contributed by atoms with Crippen molar-refractivity contribution < 1.29 is 4.42 Å². The van der Waals surface area contributed by atoms with Gasteiger partial charge in [0.25, 0.3) is 0 Å². The Morgan fingerprint density at radius 1 is 1.32 bits per heavy atom. The maximum absolute atomic E-state index is 5.96. The molecule has 3 rings (SSSR count). The molecule has 0 atom stereocenters. The molecule has 0 unspecified atom stereocenters. The summed E-state index contributed by atoms with van der Waals surface area (Å²) >= 11 is 0. The average molecular weight is 259 g/mol. The summed E-state index contributed by atoms with van der Waals surface area (Å²) in [5.41, 5.74) is 8.92. The molecule has 0 amide bonds. The van der Waals surface area contributed by atoms with E-state index in [2.05, 4.69) is 29.1 Å². The molecule has 4 heteroatoms. The van der Waals surface area contributed by atoms with Crippen molar-refractivity contribution in [1.82, 2.24) is 4.98 Å². The van der Waals surface area contributed by atoms with Crippen LogP contribution in [0.1, 0.15) is 25.7 Å². The predicted octanol–water partition coefficient (Wildman–Crippen LogP) is 2.78. The third kappa shape index (κ3) is 2.73. The minimum atomic E-state index is 0.423. The topological polar surface area (TPSA) is 55.3 Å². The number of anilines is 1. The van der Waals surface area contributed by atoms with Gasteiger partial charge >= 0.3 is 0 Å². The van der Waals surface area contributed by atoms with Crippen molar-refractivity contribution in [2.45, 2.75) is 31.7 Å². The van der Waals surface area contributed by atoms with E-state index in [-0.39, 0.29) is 0 Å². The lowest BCUT2D eigenvalue weighted by Gasteiger charge is -2.30. The highest BCUT2D eigenvalue weighted by Crippen LogP contribution is 2.26. The van der Waals surface area contributed by atoms with Gasteiger partial charge in [-0.05, 0) is 43.7 Å². The molecule has 1 aliphatic carbocycles. The number of hydrogen-bond donors (Lipinski definition) is 1. The highest BCUT2D eigenvalue weighted by Gasteiger charge is 2.20. The first-order chi connectivity index (χ1) is 9.22. The molecule has 1 saturated carbocycles. The monoisotopic (exact) mass is 259 g/mol. The summed E-state index contributed by atoms with van der Waals surface area (Å²) in [6.45, 7) is 1.09. The summed E-state index contributed by atoms with van der Waals surface area (Å²) in [5, 5.41) is 0. The van der Waals surface area contributed by atoms with Gasteiger partial charge in [0, 0.05) is 31.4 Å². The summed E-state index contributed by atoms with van der Waals surface area (Å²) in [7, 11) is 2.14. The van der Waals surface area contributed by atoms with E-state index in [1.54, 1.807) is 0 Å². The summed E-state index contributed by atoms with van der Waals surface area (Å²) in [6, 6.07) is 6.62. The first-order valence-electron chi connectivity index (χ1n) is 7.02. The predicted molar refractivity (Wildman–Crippen MR) is 77.2 cm³/mol. The van der Waals surface area contributed by atoms with Crippen LogP contribution in [0.2, 0.25) is 0 Å². The SMILES string of the molecule is CN(CC1CCC(N)CC1)c1ccc2ncoc2c1. The van der Waals surface area contributed by atoms with Crippen LogP contribution < -0.4 is 10.6 Å². The van der Waals surface area contributed by atoms with Crippen molar-refractivity contribution in [3.8, 4) is 0 Å². The van der Waals surface area contributed by atoms with Crippen LogP contribution in [-0.2, 0) is 0 Å². The van der Waals surface area contributed by atoms with E-state index in [0.717, 1.165) is 23.6 Å². The average Bonchev–Trinajstić information content (AvgIpc) is 2.88. The molecule has 2 N–H and O–H groups in total. The highest BCUT2D eigenvalue weighted by atomic mass is 16.3. The third-order valence-electron chi connectivity index (χ3n) is 4.18. The van der Waals surface area contributed by atoms with Crippen molar-refractivity contribution in [3.05, 3.63) is 24.6 Å². The van der Waals surface area contributed by atoms with Gasteiger partial charge in [-0.3, -0.25) is 0 Å². The fraction of sp³-hybridized carbons (Fsp3) is 0.533. The van der Waals surface area contributed by atoms with Crippen LogP contribution in [0.3, 0.4) is 0 Å². The Morgan fingerprint density at radius 3 is 2.89 bits per heavy atom. The molecule has 0 spiro atoms. The molecule has 1 aromatic carbocycles. The molecule has 1 aliphatic rings. The highest BCUT2D eigenvalue weighted by molar-refractivity contribution is 5.76. The van der Waals surface area contributed by atoms with Crippen molar-refractivity contribution >= 4 is 16.8 Å². The van der Waals surface area contributed by atoms with Gasteiger partial charge < -0.3 is 15.1 Å². The van der Waals surface area contributed by atoms with Crippen LogP contribution in [0, 0.1) is 5.92 Å². The van der Waals surface area contributed by atoms with Gasteiger partial charge in [0.15, 0.2) is 12.0 Å². The molecule has 0 bridgehead atoms. The summed E-state index contributed by atoms with van der Waals surface area (Å²) < 4.78 is 5.36. The molecule has 0 saturated heterocycles. The van der Waals surface area contributed by atoms with E-state index in [1.807, 2.05) is 6.07 Å². The summed E-state index contributed by atoms with van der Waals surface area (Å²) in [5.74, 6) is 0.759. The molecule has 0 radical (unpaired) electrons. The van der Waals surface area contributed by atoms with Gasteiger partial charge in [0.1, 0.15) is 5.52 Å². The van der Waals surface area contributed by atoms with E-state index in [9.17, 15) is 0 Å². The van der Waals surface area contributed by atoms with E-state index >= 15 is 0 Å². The molecule has 2 aromatic rings. The lowest BCUT2D eigenvalue weighted by atomic mass is 9.86. The van der Waals surface area contributed by atoms with Crippen LogP contribution in [0.4, 0.5) is 5.69 Å². The minimum absolute atomic E-state index is 0.423. The number of benzene rings is 1. The number of hydrogen-bond acceptors (Lipinski definition) is 4. The Kier molecular flexibility index (Phi) is 3.42. The first-order valence-corrected chi connectivity index (χ1v) is 7.02. The third-order valence-corrected chi connectivity index (χ3v) is 4.18. The van der Waals surface area contributed by atoms with Crippen molar-refractivity contribution in [1.29, 1.82) is 0 Å². The molecule has 1 fully saturated rings. The summed E-state index contributed by atoms with van der Waals surface area (Å²) in [6.07, 6.45) is 6.32. The zero-order chi connectivity index (χ0) is 13.2. The fourth-order valence-corrected chi connectivity index (χ4v) is 2.94. The van der Waals surface area contributed by atoms with Gasteiger partial charge in [0.2, 0.25) is 0 Å². The number of rotatable bonds is 3. The number of aromatic nitrogens is 1. The standard InChI is InChI=1S/C15H21N3O/c1-18(9-11-2-4-12(16)5-3-11)13-6-7-14-15(8-13)19-10-17-14/h6-8,10-12H,2-5,9,16H2,1H3. The van der Waals surface area contributed by atoms with Gasteiger partial charge in [-0.1, -0.05) is 0 Å². The Balaban J connectivity index is 1.67. The maximum atomic E-state index is 5.96. The van der Waals surface area contributed by atoms with Crippen molar-refractivity contribution in [3.63, 3.8) is 0 Å². The number of nitrogens with two attached hydrogens (primary N) is 1. The van der Waals surface area contributed by atoms with Crippen molar-refractivity contribution in [2.75, 3.05) is 18.5 Å². The van der Waals surface area contributed by atoms with Crippen LogP contribution in [0.15, 0.2) is 29.0 Å². The van der Waals surface area contributed by atoms with E-state index in [0.29, 0.717) is 6.04 Å². The van der Waals surface area contributed by atoms with E-state index in [1.165, 1.54) is 37.8 Å². The molecule has 1 aromatic heterocycles. The van der Waals surface area contributed by atoms with Crippen LogP contribution in [-0.4, -0.2) is 24.6 Å². The lowest BCUT2D eigenvalue weighted by molar-refractivity contribution is 0.330. The van der Waals surface area contributed by atoms with E-state index in [4.69, 9.17) is 10.2 Å². The van der Waals surface area contributed by atoms with Gasteiger partial charge in [0.05, 0.1) is 0 Å². The molecule has 4 nitrogen and oxygen atoms in total. The van der Waals surface area contributed by atoms with Gasteiger partial charge in [-0.2, -0.15) is 0 Å². The van der Waals surface area contributed by atoms with Crippen LogP contribution in [0.5, 0.6) is 0 Å². The Labute approximate surface area is 113 Å². The lowest BCUT2D eigenvalue weighted by Crippen LogP contribution is -2.32. The van der Waals surface area contributed by atoms with Crippen LogP contribution in [0.25, 0.3) is 11.1 Å². The second-order valence-electron chi connectivity index (χ2n) is 5.67. The molecular formula is C15H21N3O. The largest absolute Gasteiger partial charge is 0.443 e. The maximum Gasteiger partial charge on any atom is 0.181 e. The fourth-order valence-electron chi connectivity index (χ4n) is 2.94. The Morgan fingerprint density at radius 2 is 2.11 bits per heavy atom. The molecule has 0 aliphatic heterocycles. The zero-order valence-corrected chi connectivity index (χ0v) is 11.4. The van der Waals surface area contributed by atoms with Crippen molar-refractivity contribution in [2.24, 2.45) is 11.7 Å². The van der Waals surface area contributed by atoms with E-state index < -0.39 is 0 Å². The second kappa shape index (κ2) is 5.21. The van der Waals surface area contributed by atoms with Crippen LogP contribution >= 0.6 is 0 Å². The number of oxazole rings is 1.